The van der Waals surface area contributed by atoms with E-state index in [4.69, 9.17) is 14.3 Å². The van der Waals surface area contributed by atoms with Gasteiger partial charge in [0.1, 0.15) is 5.58 Å². The molecule has 2 aromatic rings. The summed E-state index contributed by atoms with van der Waals surface area (Å²) in [4.78, 5) is 28.1. The van der Waals surface area contributed by atoms with Gasteiger partial charge in [-0.2, -0.15) is 0 Å². The van der Waals surface area contributed by atoms with Crippen molar-refractivity contribution in [3.63, 3.8) is 0 Å². The van der Waals surface area contributed by atoms with Gasteiger partial charge in [0.2, 0.25) is 0 Å². The van der Waals surface area contributed by atoms with Gasteiger partial charge in [-0.15, -0.1) is 0 Å². The molecule has 0 bridgehead atoms. The number of hydrogen-bond donors (Lipinski definition) is 1. The third-order valence-corrected chi connectivity index (χ3v) is 4.07. The Hall–Kier alpha value is -2.38. The largest absolute Gasteiger partial charge is 0.440 e. The number of hydrogen-bond acceptors (Lipinski definition) is 6. The van der Waals surface area contributed by atoms with Crippen LogP contribution in [0.1, 0.15) is 10.4 Å². The van der Waals surface area contributed by atoms with Crippen LogP contribution in [0.3, 0.4) is 0 Å². The van der Waals surface area contributed by atoms with Crippen LogP contribution in [0.4, 0.5) is 5.88 Å². The number of fused-ring (bicyclic) bond motifs is 1. The fourth-order valence-electron chi connectivity index (χ4n) is 2.69. The van der Waals surface area contributed by atoms with Crippen LogP contribution in [0.2, 0.25) is 0 Å². The molecule has 0 atom stereocenters. The Morgan fingerprint density at radius 1 is 1.29 bits per heavy atom. The minimum atomic E-state index is -0.248. The highest BCUT2D eigenvalue weighted by molar-refractivity contribution is 5.97. The number of morpholine rings is 1. The number of nitrogens with zero attached hydrogens (tertiary/aromatic N) is 2. The van der Waals surface area contributed by atoms with E-state index in [1.54, 1.807) is 25.2 Å². The lowest BCUT2D eigenvalue weighted by Gasteiger charge is -2.27. The third kappa shape index (κ3) is 3.27. The van der Waals surface area contributed by atoms with Crippen molar-refractivity contribution in [3.05, 3.63) is 40.1 Å². The van der Waals surface area contributed by atoms with Gasteiger partial charge in [0.15, 0.2) is 11.3 Å². The van der Waals surface area contributed by atoms with E-state index in [1.807, 2.05) is 4.90 Å². The van der Waals surface area contributed by atoms with Crippen LogP contribution in [-0.4, -0.2) is 62.4 Å². The summed E-state index contributed by atoms with van der Waals surface area (Å²) in [5, 5.41) is 9.30. The summed E-state index contributed by atoms with van der Waals surface area (Å²) in [7, 11) is 1.60. The molecule has 0 spiro atoms. The van der Waals surface area contributed by atoms with E-state index in [1.165, 1.54) is 11.0 Å². The molecule has 1 amide bonds. The Labute approximate surface area is 139 Å². The highest BCUT2D eigenvalue weighted by Gasteiger charge is 2.17. The molecule has 1 aliphatic rings. The van der Waals surface area contributed by atoms with Gasteiger partial charge in [-0.3, -0.25) is 9.59 Å². The molecular weight excluding hydrogens is 312 g/mol. The maximum Gasteiger partial charge on any atom is 0.253 e. The van der Waals surface area contributed by atoms with Crippen molar-refractivity contribution < 1.29 is 19.1 Å². The van der Waals surface area contributed by atoms with Crippen LogP contribution in [0.15, 0.2) is 33.5 Å². The number of anilines is 1. The van der Waals surface area contributed by atoms with E-state index < -0.39 is 0 Å². The Morgan fingerprint density at radius 2 is 2.04 bits per heavy atom. The highest BCUT2D eigenvalue weighted by atomic mass is 16.5. The Balaban J connectivity index is 1.94. The Kier molecular flexibility index (Phi) is 4.82. The molecule has 7 nitrogen and oxygen atoms in total. The summed E-state index contributed by atoms with van der Waals surface area (Å²) in [5.41, 5.74) is 0.660. The molecule has 1 fully saturated rings. The highest BCUT2D eigenvalue weighted by Crippen LogP contribution is 2.21. The van der Waals surface area contributed by atoms with E-state index in [2.05, 4.69) is 0 Å². The second-order valence-electron chi connectivity index (χ2n) is 5.71. The van der Waals surface area contributed by atoms with Crippen LogP contribution in [0, 0.1) is 0 Å². The summed E-state index contributed by atoms with van der Waals surface area (Å²) in [6.07, 6.45) is 0. The molecule has 1 N–H and O–H groups in total. The SMILES string of the molecule is CN(CCO)C(=O)c1ccc2oc(N3CCOCC3)cc(=O)c2c1. The van der Waals surface area contributed by atoms with Gasteiger partial charge in [-0.05, 0) is 18.2 Å². The normalized spacial score (nSPS) is 14.8. The van der Waals surface area contributed by atoms with E-state index >= 15 is 0 Å². The Morgan fingerprint density at radius 3 is 2.75 bits per heavy atom. The zero-order valence-electron chi connectivity index (χ0n) is 13.5. The third-order valence-electron chi connectivity index (χ3n) is 4.07. The molecule has 3 rings (SSSR count). The summed E-state index contributed by atoms with van der Waals surface area (Å²) in [6, 6.07) is 6.27. The van der Waals surface area contributed by atoms with Gasteiger partial charge in [-0.25, -0.2) is 0 Å². The smallest absolute Gasteiger partial charge is 0.253 e. The van der Waals surface area contributed by atoms with Crippen LogP contribution < -0.4 is 10.3 Å². The average molecular weight is 332 g/mol. The van der Waals surface area contributed by atoms with Crippen molar-refractivity contribution in [2.45, 2.75) is 0 Å². The van der Waals surface area contributed by atoms with Crippen LogP contribution in [-0.2, 0) is 4.74 Å². The van der Waals surface area contributed by atoms with Crippen molar-refractivity contribution in [1.29, 1.82) is 0 Å². The molecule has 24 heavy (non-hydrogen) atoms. The fraction of sp³-hybridized carbons (Fsp3) is 0.412. The molecule has 1 aromatic heterocycles. The zero-order chi connectivity index (χ0) is 17.1. The standard InChI is InChI=1S/C17H20N2O5/c1-18(4-7-20)17(22)12-2-3-15-13(10-12)14(21)11-16(24-15)19-5-8-23-9-6-19/h2-3,10-11,20H,4-9H2,1H3. The van der Waals surface area contributed by atoms with E-state index in [-0.39, 0.29) is 24.5 Å². The van der Waals surface area contributed by atoms with Gasteiger partial charge in [-0.1, -0.05) is 0 Å². The van der Waals surface area contributed by atoms with Crippen LogP contribution in [0.25, 0.3) is 11.0 Å². The molecule has 0 saturated carbocycles. The molecule has 1 aromatic carbocycles. The number of aliphatic hydroxyl groups is 1. The number of benzene rings is 1. The van der Waals surface area contributed by atoms with Gasteiger partial charge < -0.3 is 24.1 Å². The van der Waals surface area contributed by atoms with Crippen LogP contribution in [0.5, 0.6) is 0 Å². The number of carbonyl (C=O) groups is 1. The summed E-state index contributed by atoms with van der Waals surface area (Å²) in [5.74, 6) is 0.273. The maximum absolute atomic E-state index is 12.4. The van der Waals surface area contributed by atoms with E-state index in [0.29, 0.717) is 48.7 Å². The number of ether oxygens (including phenoxy) is 1. The molecule has 2 heterocycles. The lowest BCUT2D eigenvalue weighted by atomic mass is 10.1. The van der Waals surface area contributed by atoms with Crippen molar-refractivity contribution in [2.75, 3.05) is 51.4 Å². The molecule has 0 radical (unpaired) electrons. The first kappa shape index (κ1) is 16.5. The first-order valence-electron chi connectivity index (χ1n) is 7.87. The topological polar surface area (TPSA) is 83.2 Å². The number of aliphatic hydroxyl groups excluding tert-OH is 1. The van der Waals surface area contributed by atoms with Crippen molar-refractivity contribution >= 4 is 22.8 Å². The van der Waals surface area contributed by atoms with Gasteiger partial charge in [0, 0.05) is 38.3 Å². The lowest BCUT2D eigenvalue weighted by Crippen LogP contribution is -2.36. The molecule has 128 valence electrons. The molecule has 0 unspecified atom stereocenters. The second-order valence-corrected chi connectivity index (χ2v) is 5.71. The number of carbonyl (C=O) groups excluding carboxylic acids is 1. The maximum atomic E-state index is 12.4. The summed E-state index contributed by atoms with van der Waals surface area (Å²) in [6.45, 7) is 2.69. The quantitative estimate of drug-likeness (QED) is 0.887. The monoisotopic (exact) mass is 332 g/mol. The van der Waals surface area contributed by atoms with Gasteiger partial charge in [0.25, 0.3) is 5.91 Å². The van der Waals surface area contributed by atoms with E-state index in [9.17, 15) is 9.59 Å². The molecule has 1 aliphatic heterocycles. The molecule has 1 saturated heterocycles. The predicted octanol–water partition coefficient (Wildman–Crippen LogP) is 0.694. The minimum Gasteiger partial charge on any atom is -0.440 e. The second kappa shape index (κ2) is 7.02. The lowest BCUT2D eigenvalue weighted by molar-refractivity contribution is 0.0767. The zero-order valence-corrected chi connectivity index (χ0v) is 13.5. The average Bonchev–Trinajstić information content (AvgIpc) is 2.61. The fourth-order valence-corrected chi connectivity index (χ4v) is 2.69. The summed E-state index contributed by atoms with van der Waals surface area (Å²) >= 11 is 0. The summed E-state index contributed by atoms with van der Waals surface area (Å²) < 4.78 is 11.1. The first-order valence-corrected chi connectivity index (χ1v) is 7.87. The first-order chi connectivity index (χ1) is 11.6. The Bertz CT molecular complexity index is 795. The predicted molar refractivity (Wildman–Crippen MR) is 89.6 cm³/mol. The van der Waals surface area contributed by atoms with E-state index in [0.717, 1.165) is 0 Å². The van der Waals surface area contributed by atoms with Crippen LogP contribution >= 0.6 is 0 Å². The minimum absolute atomic E-state index is 0.110. The number of amides is 1. The number of likely N-dealkylation sites (N-methyl/N-ethyl adjacent to an activating group) is 1. The van der Waals surface area contributed by atoms with Crippen molar-refractivity contribution in [1.82, 2.24) is 4.90 Å². The number of rotatable bonds is 4. The van der Waals surface area contributed by atoms with Gasteiger partial charge in [0.05, 0.1) is 25.2 Å². The molecular formula is C17H20N2O5. The van der Waals surface area contributed by atoms with Gasteiger partial charge >= 0.3 is 0 Å². The van der Waals surface area contributed by atoms with Crippen molar-refractivity contribution in [2.24, 2.45) is 0 Å². The molecule has 0 aliphatic carbocycles. The van der Waals surface area contributed by atoms with Crippen molar-refractivity contribution in [3.8, 4) is 0 Å². The molecule has 7 heteroatoms.